The minimum absolute atomic E-state index is 0.260. The van der Waals surface area contributed by atoms with E-state index in [-0.39, 0.29) is 5.82 Å². The lowest BCUT2D eigenvalue weighted by Crippen LogP contribution is -2.29. The first-order valence-corrected chi connectivity index (χ1v) is 6.85. The SMILES string of the molecule is Cc1ccnn1CCCNC(=S)Nc1ccc(F)cc1. The molecular formula is C14H17FN4S. The lowest BCUT2D eigenvalue weighted by Gasteiger charge is -2.10. The number of halogens is 1. The Morgan fingerprint density at radius 1 is 1.30 bits per heavy atom. The van der Waals surface area contributed by atoms with Crippen LogP contribution in [0.4, 0.5) is 10.1 Å². The van der Waals surface area contributed by atoms with Crippen LogP contribution in [0, 0.1) is 12.7 Å². The topological polar surface area (TPSA) is 41.9 Å². The second-order valence-electron chi connectivity index (χ2n) is 4.44. The normalized spacial score (nSPS) is 10.3. The van der Waals surface area contributed by atoms with Crippen molar-refractivity contribution in [3.05, 3.63) is 48.0 Å². The quantitative estimate of drug-likeness (QED) is 0.657. The molecule has 0 atom stereocenters. The molecule has 1 heterocycles. The maximum Gasteiger partial charge on any atom is 0.170 e. The number of aromatic nitrogens is 2. The van der Waals surface area contributed by atoms with Gasteiger partial charge in [-0.2, -0.15) is 5.10 Å². The van der Waals surface area contributed by atoms with Gasteiger partial charge in [-0.3, -0.25) is 4.68 Å². The highest BCUT2D eigenvalue weighted by Gasteiger charge is 1.99. The molecule has 1 aromatic carbocycles. The highest BCUT2D eigenvalue weighted by Crippen LogP contribution is 2.07. The average molecular weight is 292 g/mol. The maximum absolute atomic E-state index is 12.8. The highest BCUT2D eigenvalue weighted by atomic mass is 32.1. The summed E-state index contributed by atoms with van der Waals surface area (Å²) in [5.74, 6) is -0.260. The van der Waals surface area contributed by atoms with E-state index in [4.69, 9.17) is 12.2 Å². The number of nitrogens with one attached hydrogen (secondary N) is 2. The van der Waals surface area contributed by atoms with E-state index in [9.17, 15) is 4.39 Å². The molecule has 0 bridgehead atoms. The van der Waals surface area contributed by atoms with E-state index < -0.39 is 0 Å². The van der Waals surface area contributed by atoms with Crippen molar-refractivity contribution in [1.82, 2.24) is 15.1 Å². The predicted molar refractivity (Wildman–Crippen MR) is 82.2 cm³/mol. The molecule has 4 nitrogen and oxygen atoms in total. The molecule has 0 aliphatic carbocycles. The van der Waals surface area contributed by atoms with Gasteiger partial charge < -0.3 is 10.6 Å². The lowest BCUT2D eigenvalue weighted by molar-refractivity contribution is 0.561. The number of anilines is 1. The number of rotatable bonds is 5. The van der Waals surface area contributed by atoms with E-state index in [0.717, 1.165) is 30.9 Å². The van der Waals surface area contributed by atoms with E-state index in [1.807, 2.05) is 17.7 Å². The van der Waals surface area contributed by atoms with Gasteiger partial charge in [-0.15, -0.1) is 0 Å². The van der Waals surface area contributed by atoms with Crippen molar-refractivity contribution in [2.45, 2.75) is 19.9 Å². The van der Waals surface area contributed by atoms with Crippen molar-refractivity contribution >= 4 is 23.0 Å². The minimum Gasteiger partial charge on any atom is -0.362 e. The lowest BCUT2D eigenvalue weighted by atomic mass is 10.3. The summed E-state index contributed by atoms with van der Waals surface area (Å²) in [5, 5.41) is 10.9. The number of aryl methyl sites for hydroxylation is 2. The first-order chi connectivity index (χ1) is 9.65. The molecule has 0 aliphatic rings. The minimum atomic E-state index is -0.260. The summed E-state index contributed by atoms with van der Waals surface area (Å²) in [6.07, 6.45) is 2.72. The summed E-state index contributed by atoms with van der Waals surface area (Å²) in [7, 11) is 0. The molecule has 2 aromatic rings. The third kappa shape index (κ3) is 4.31. The van der Waals surface area contributed by atoms with Crippen LogP contribution in [0.2, 0.25) is 0 Å². The van der Waals surface area contributed by atoms with Crippen molar-refractivity contribution in [1.29, 1.82) is 0 Å². The fourth-order valence-corrected chi connectivity index (χ4v) is 1.99. The molecule has 0 unspecified atom stereocenters. The van der Waals surface area contributed by atoms with Gasteiger partial charge >= 0.3 is 0 Å². The van der Waals surface area contributed by atoms with E-state index >= 15 is 0 Å². The summed E-state index contributed by atoms with van der Waals surface area (Å²) < 4.78 is 14.7. The van der Waals surface area contributed by atoms with E-state index in [1.54, 1.807) is 18.3 Å². The van der Waals surface area contributed by atoms with E-state index in [1.165, 1.54) is 12.1 Å². The predicted octanol–water partition coefficient (Wildman–Crippen LogP) is 2.71. The molecule has 0 radical (unpaired) electrons. The monoisotopic (exact) mass is 292 g/mol. The van der Waals surface area contributed by atoms with Crippen molar-refractivity contribution < 1.29 is 4.39 Å². The second kappa shape index (κ2) is 7.00. The second-order valence-corrected chi connectivity index (χ2v) is 4.85. The molecular weight excluding hydrogens is 275 g/mol. The summed E-state index contributed by atoms with van der Waals surface area (Å²) in [6.45, 7) is 3.64. The van der Waals surface area contributed by atoms with Crippen LogP contribution in [-0.4, -0.2) is 21.4 Å². The summed E-state index contributed by atoms with van der Waals surface area (Å²) in [6, 6.07) is 8.07. The van der Waals surface area contributed by atoms with Crippen LogP contribution in [-0.2, 0) is 6.54 Å². The fraction of sp³-hybridized carbons (Fsp3) is 0.286. The van der Waals surface area contributed by atoms with Gasteiger partial charge in [-0.1, -0.05) is 0 Å². The molecule has 0 saturated carbocycles. The van der Waals surface area contributed by atoms with Crippen LogP contribution in [0.5, 0.6) is 0 Å². The molecule has 2 N–H and O–H groups in total. The van der Waals surface area contributed by atoms with Crippen molar-refractivity contribution in [3.63, 3.8) is 0 Å². The van der Waals surface area contributed by atoms with Crippen molar-refractivity contribution in [2.24, 2.45) is 0 Å². The fourth-order valence-electron chi connectivity index (χ4n) is 1.77. The molecule has 106 valence electrons. The largest absolute Gasteiger partial charge is 0.362 e. The Balaban J connectivity index is 1.68. The van der Waals surface area contributed by atoms with Gasteiger partial charge in [0.2, 0.25) is 0 Å². The van der Waals surface area contributed by atoms with Crippen LogP contribution in [0.3, 0.4) is 0 Å². The van der Waals surface area contributed by atoms with Gasteiger partial charge in [0.25, 0.3) is 0 Å². The Morgan fingerprint density at radius 3 is 2.70 bits per heavy atom. The number of benzene rings is 1. The molecule has 0 saturated heterocycles. The standard InChI is InChI=1S/C14H17FN4S/c1-11-7-9-17-19(11)10-2-8-16-14(20)18-13-5-3-12(15)4-6-13/h3-7,9H,2,8,10H2,1H3,(H2,16,18,20). The Labute approximate surface area is 123 Å². The van der Waals surface area contributed by atoms with Crippen LogP contribution >= 0.6 is 12.2 Å². The maximum atomic E-state index is 12.8. The number of hydrogen-bond acceptors (Lipinski definition) is 2. The van der Waals surface area contributed by atoms with Gasteiger partial charge in [0, 0.05) is 30.7 Å². The molecule has 20 heavy (non-hydrogen) atoms. The van der Waals surface area contributed by atoms with Gasteiger partial charge in [0.05, 0.1) is 0 Å². The molecule has 0 amide bonds. The Hall–Kier alpha value is -1.95. The van der Waals surface area contributed by atoms with Gasteiger partial charge in [-0.25, -0.2) is 4.39 Å². The number of hydrogen-bond donors (Lipinski definition) is 2. The van der Waals surface area contributed by atoms with Gasteiger partial charge in [0.15, 0.2) is 5.11 Å². The molecule has 2 rings (SSSR count). The molecule has 1 aromatic heterocycles. The zero-order chi connectivity index (χ0) is 14.4. The first kappa shape index (κ1) is 14.5. The third-order valence-electron chi connectivity index (χ3n) is 2.86. The van der Waals surface area contributed by atoms with E-state index in [2.05, 4.69) is 15.7 Å². The zero-order valence-electron chi connectivity index (χ0n) is 11.3. The Morgan fingerprint density at radius 2 is 2.05 bits per heavy atom. The van der Waals surface area contributed by atoms with Crippen LogP contribution in [0.25, 0.3) is 0 Å². The van der Waals surface area contributed by atoms with Crippen molar-refractivity contribution in [3.8, 4) is 0 Å². The third-order valence-corrected chi connectivity index (χ3v) is 3.11. The Kier molecular flexibility index (Phi) is 5.06. The highest BCUT2D eigenvalue weighted by molar-refractivity contribution is 7.80. The van der Waals surface area contributed by atoms with Gasteiger partial charge in [-0.05, 0) is 55.9 Å². The number of thiocarbonyl (C=S) groups is 1. The Bertz CT molecular complexity index is 565. The number of nitrogens with zero attached hydrogens (tertiary/aromatic N) is 2. The van der Waals surface area contributed by atoms with Crippen LogP contribution in [0.15, 0.2) is 36.5 Å². The zero-order valence-corrected chi connectivity index (χ0v) is 12.1. The molecule has 0 aliphatic heterocycles. The summed E-state index contributed by atoms with van der Waals surface area (Å²) >= 11 is 5.17. The summed E-state index contributed by atoms with van der Waals surface area (Å²) in [5.41, 5.74) is 1.92. The molecule has 0 fully saturated rings. The first-order valence-electron chi connectivity index (χ1n) is 6.44. The smallest absolute Gasteiger partial charge is 0.170 e. The van der Waals surface area contributed by atoms with Crippen molar-refractivity contribution in [2.75, 3.05) is 11.9 Å². The van der Waals surface area contributed by atoms with E-state index in [0.29, 0.717) is 5.11 Å². The van der Waals surface area contributed by atoms with Crippen LogP contribution in [0.1, 0.15) is 12.1 Å². The van der Waals surface area contributed by atoms with Crippen LogP contribution < -0.4 is 10.6 Å². The summed E-state index contributed by atoms with van der Waals surface area (Å²) in [4.78, 5) is 0. The molecule has 0 spiro atoms. The van der Waals surface area contributed by atoms with Gasteiger partial charge in [0.1, 0.15) is 5.82 Å². The average Bonchev–Trinajstić information content (AvgIpc) is 2.83. The molecule has 6 heteroatoms.